The van der Waals surface area contributed by atoms with Gasteiger partial charge in [-0.15, -0.1) is 0 Å². The van der Waals surface area contributed by atoms with Crippen molar-refractivity contribution in [2.75, 3.05) is 26.8 Å². The Balaban J connectivity index is 1.63. The monoisotopic (exact) mass is 580 g/mol. The number of amides is 2. The predicted octanol–water partition coefficient (Wildman–Crippen LogP) is 5.38. The molecular formula is C35H36N2O6. The molecule has 2 amide bonds. The van der Waals surface area contributed by atoms with E-state index in [2.05, 4.69) is 5.32 Å². The third kappa shape index (κ3) is 8.30. The highest BCUT2D eigenvalue weighted by atomic mass is 16.5. The number of benzene rings is 4. The summed E-state index contributed by atoms with van der Waals surface area (Å²) in [6.45, 7) is 0.261. The lowest BCUT2D eigenvalue weighted by Gasteiger charge is -2.24. The van der Waals surface area contributed by atoms with Crippen molar-refractivity contribution < 1.29 is 29.3 Å². The van der Waals surface area contributed by atoms with Crippen LogP contribution in [-0.2, 0) is 11.2 Å². The molecule has 1 unspecified atom stereocenters. The van der Waals surface area contributed by atoms with Crippen molar-refractivity contribution in [2.24, 2.45) is 0 Å². The zero-order valence-corrected chi connectivity index (χ0v) is 24.1. The van der Waals surface area contributed by atoms with Crippen molar-refractivity contribution in [1.82, 2.24) is 10.2 Å². The first-order chi connectivity index (χ1) is 20.9. The molecule has 8 heteroatoms. The van der Waals surface area contributed by atoms with E-state index in [1.54, 1.807) is 54.5 Å². The van der Waals surface area contributed by atoms with Crippen LogP contribution in [-0.4, -0.2) is 59.7 Å². The van der Waals surface area contributed by atoms with Gasteiger partial charge in [-0.1, -0.05) is 78.9 Å². The number of aliphatic carboxylic acids is 1. The topological polar surface area (TPSA) is 116 Å². The van der Waals surface area contributed by atoms with Crippen LogP contribution in [0.3, 0.4) is 0 Å². The Bertz CT molecular complexity index is 1520. The Hall–Kier alpha value is -4.95. The van der Waals surface area contributed by atoms with Crippen LogP contribution in [0.5, 0.6) is 5.75 Å². The molecular weight excluding hydrogens is 544 g/mol. The number of nitrogens with zero attached hydrogens (tertiary/aromatic N) is 1. The second-order valence-electron chi connectivity index (χ2n) is 10.1. The van der Waals surface area contributed by atoms with E-state index in [1.165, 1.54) is 0 Å². The van der Waals surface area contributed by atoms with Crippen molar-refractivity contribution in [3.63, 3.8) is 0 Å². The normalized spacial score (nSPS) is 11.4. The molecule has 0 heterocycles. The molecule has 0 radical (unpaired) electrons. The average Bonchev–Trinajstić information content (AvgIpc) is 3.04. The van der Waals surface area contributed by atoms with E-state index in [-0.39, 0.29) is 31.4 Å². The lowest BCUT2D eigenvalue weighted by Crippen LogP contribution is -2.35. The smallest absolute Gasteiger partial charge is 0.305 e. The van der Waals surface area contributed by atoms with Gasteiger partial charge in [0.15, 0.2) is 0 Å². The fraction of sp³-hybridized carbons (Fsp3) is 0.229. The fourth-order valence-electron chi connectivity index (χ4n) is 4.97. The number of nitrogens with one attached hydrogen (secondary N) is 1. The summed E-state index contributed by atoms with van der Waals surface area (Å²) in [7, 11) is 1.59. The van der Waals surface area contributed by atoms with Gasteiger partial charge in [0, 0.05) is 30.8 Å². The van der Waals surface area contributed by atoms with Crippen molar-refractivity contribution in [3.05, 3.63) is 125 Å². The Morgan fingerprint density at radius 1 is 0.791 bits per heavy atom. The first-order valence-electron chi connectivity index (χ1n) is 14.2. The van der Waals surface area contributed by atoms with Crippen LogP contribution in [0.2, 0.25) is 0 Å². The van der Waals surface area contributed by atoms with Gasteiger partial charge in [-0.2, -0.15) is 0 Å². The largest absolute Gasteiger partial charge is 0.497 e. The van der Waals surface area contributed by atoms with E-state index in [9.17, 15) is 24.6 Å². The maximum Gasteiger partial charge on any atom is 0.305 e. The number of aliphatic hydroxyl groups excluding tert-OH is 1. The van der Waals surface area contributed by atoms with Gasteiger partial charge in [0.25, 0.3) is 11.8 Å². The van der Waals surface area contributed by atoms with Crippen molar-refractivity contribution in [3.8, 4) is 16.9 Å². The van der Waals surface area contributed by atoms with Gasteiger partial charge < -0.3 is 25.2 Å². The highest BCUT2D eigenvalue weighted by Crippen LogP contribution is 2.29. The minimum atomic E-state index is -0.992. The number of aliphatic hydroxyl groups is 1. The molecule has 0 saturated heterocycles. The van der Waals surface area contributed by atoms with Crippen LogP contribution in [0.4, 0.5) is 0 Å². The van der Waals surface area contributed by atoms with E-state index < -0.39 is 12.0 Å². The van der Waals surface area contributed by atoms with Gasteiger partial charge in [0.1, 0.15) is 5.75 Å². The number of rotatable bonds is 14. The van der Waals surface area contributed by atoms with Crippen LogP contribution in [0.1, 0.15) is 50.7 Å². The maximum atomic E-state index is 14.0. The van der Waals surface area contributed by atoms with Gasteiger partial charge in [0.05, 0.1) is 19.6 Å². The lowest BCUT2D eigenvalue weighted by molar-refractivity contribution is -0.137. The summed E-state index contributed by atoms with van der Waals surface area (Å²) in [5, 5.41) is 22.1. The van der Waals surface area contributed by atoms with E-state index in [0.717, 1.165) is 16.9 Å². The summed E-state index contributed by atoms with van der Waals surface area (Å²) >= 11 is 0. The lowest BCUT2D eigenvalue weighted by atomic mass is 9.93. The molecule has 4 rings (SSSR count). The minimum Gasteiger partial charge on any atom is -0.497 e. The molecule has 8 nitrogen and oxygen atoms in total. The summed E-state index contributed by atoms with van der Waals surface area (Å²) in [6, 6.07) is 30.7. The van der Waals surface area contributed by atoms with Crippen LogP contribution in [0, 0.1) is 0 Å². The second kappa shape index (κ2) is 15.3. The summed E-state index contributed by atoms with van der Waals surface area (Å²) in [6.07, 6.45) is 0.684. The highest BCUT2D eigenvalue weighted by molar-refractivity contribution is 6.06. The molecule has 0 bridgehead atoms. The number of ether oxygens (including phenoxy) is 1. The van der Waals surface area contributed by atoms with Crippen LogP contribution >= 0.6 is 0 Å². The molecule has 0 aliphatic carbocycles. The Kier molecular flexibility index (Phi) is 11.0. The van der Waals surface area contributed by atoms with Crippen LogP contribution < -0.4 is 10.1 Å². The van der Waals surface area contributed by atoms with Gasteiger partial charge in [-0.05, 0) is 59.4 Å². The number of hydrogen-bond donors (Lipinski definition) is 3. The number of carbonyl (C=O) groups excluding carboxylic acids is 2. The molecule has 222 valence electrons. The number of methoxy groups -OCH3 is 1. The summed E-state index contributed by atoms with van der Waals surface area (Å²) in [5.74, 6) is -0.913. The molecule has 3 N–H and O–H groups in total. The van der Waals surface area contributed by atoms with E-state index >= 15 is 0 Å². The van der Waals surface area contributed by atoms with E-state index in [1.807, 2.05) is 60.7 Å². The zero-order chi connectivity index (χ0) is 30.6. The third-order valence-electron chi connectivity index (χ3n) is 7.26. The van der Waals surface area contributed by atoms with Crippen LogP contribution in [0.15, 0.2) is 103 Å². The molecule has 43 heavy (non-hydrogen) atoms. The van der Waals surface area contributed by atoms with Gasteiger partial charge in [-0.3, -0.25) is 14.4 Å². The molecule has 0 aromatic heterocycles. The first-order valence-corrected chi connectivity index (χ1v) is 14.2. The quantitative estimate of drug-likeness (QED) is 0.185. The molecule has 0 aliphatic rings. The van der Waals surface area contributed by atoms with Crippen molar-refractivity contribution in [2.45, 2.75) is 25.3 Å². The van der Waals surface area contributed by atoms with Crippen LogP contribution in [0.25, 0.3) is 11.1 Å². The van der Waals surface area contributed by atoms with Gasteiger partial charge in [0.2, 0.25) is 0 Å². The van der Waals surface area contributed by atoms with Gasteiger partial charge >= 0.3 is 5.97 Å². The summed E-state index contributed by atoms with van der Waals surface area (Å²) in [4.78, 5) is 40.6. The Morgan fingerprint density at radius 2 is 1.40 bits per heavy atom. The highest BCUT2D eigenvalue weighted by Gasteiger charge is 2.24. The SMILES string of the molecule is COc1ccc(CCN(CCC(=O)O)C(=O)c2ccccc2-c2ccccc2C(=O)NC(CCO)c2ccccc2)cc1. The summed E-state index contributed by atoms with van der Waals surface area (Å²) in [5.41, 5.74) is 3.77. The molecule has 4 aromatic rings. The van der Waals surface area contributed by atoms with E-state index in [0.29, 0.717) is 41.6 Å². The predicted molar refractivity (Wildman–Crippen MR) is 165 cm³/mol. The molecule has 0 aliphatic heterocycles. The molecule has 0 saturated carbocycles. The number of carboxylic acids is 1. The molecule has 0 spiro atoms. The number of carboxylic acid groups (broad SMARTS) is 1. The van der Waals surface area contributed by atoms with Crippen molar-refractivity contribution >= 4 is 17.8 Å². The first kappa shape index (κ1) is 31.0. The number of carbonyl (C=O) groups is 3. The molecule has 4 aromatic carbocycles. The molecule has 1 atom stereocenters. The van der Waals surface area contributed by atoms with E-state index in [4.69, 9.17) is 4.74 Å². The third-order valence-corrected chi connectivity index (χ3v) is 7.26. The average molecular weight is 581 g/mol. The Morgan fingerprint density at radius 3 is 2.02 bits per heavy atom. The molecule has 0 fully saturated rings. The van der Waals surface area contributed by atoms with Crippen molar-refractivity contribution in [1.29, 1.82) is 0 Å². The minimum absolute atomic E-state index is 0.0424. The Labute approximate surface area is 251 Å². The second-order valence-corrected chi connectivity index (χ2v) is 10.1. The zero-order valence-electron chi connectivity index (χ0n) is 24.1. The van der Waals surface area contributed by atoms with Gasteiger partial charge in [-0.25, -0.2) is 0 Å². The fourth-order valence-corrected chi connectivity index (χ4v) is 4.97. The standard InChI is InChI=1S/C35H36N2O6/c1-43-27-17-15-25(16-18-27)19-22-37(23-20-33(39)40)35(42)31-14-8-6-12-29(31)28-11-5-7-13-30(28)34(41)36-32(21-24-38)26-9-3-2-4-10-26/h2-18,32,38H,19-24H2,1H3,(H,36,41)(H,39,40). The summed E-state index contributed by atoms with van der Waals surface area (Å²) < 4.78 is 5.22. The maximum absolute atomic E-state index is 14.0. The number of hydrogen-bond acceptors (Lipinski definition) is 5.